The van der Waals surface area contributed by atoms with Gasteiger partial charge in [0, 0.05) is 62.9 Å². The van der Waals surface area contributed by atoms with Crippen molar-refractivity contribution in [1.82, 2.24) is 14.7 Å². The second kappa shape index (κ2) is 15.2. The minimum absolute atomic E-state index is 0.0464. The van der Waals surface area contributed by atoms with E-state index in [1.54, 1.807) is 72.9 Å². The van der Waals surface area contributed by atoms with Crippen LogP contribution >= 0.6 is 11.6 Å². The molecule has 0 bridgehead atoms. The van der Waals surface area contributed by atoms with E-state index in [4.69, 9.17) is 35.0 Å². The molecule has 1 aliphatic heterocycles. The Morgan fingerprint density at radius 2 is 1.60 bits per heavy atom. The van der Waals surface area contributed by atoms with Crippen LogP contribution in [0.1, 0.15) is 59.4 Å². The van der Waals surface area contributed by atoms with Gasteiger partial charge in [-0.15, -0.1) is 0 Å². The Hall–Kier alpha value is -4.49. The molecule has 1 N–H and O–H groups in total. The summed E-state index contributed by atoms with van der Waals surface area (Å²) in [7, 11) is 4.89. The van der Waals surface area contributed by atoms with Gasteiger partial charge in [0.2, 0.25) is 0 Å². The summed E-state index contributed by atoms with van der Waals surface area (Å²) in [5.41, 5.74) is -1.46. The van der Waals surface area contributed by atoms with Crippen molar-refractivity contribution in [3.63, 3.8) is 0 Å². The first-order valence-electron chi connectivity index (χ1n) is 16.3. The molecule has 0 spiro atoms. The number of amides is 2. The number of benzene rings is 2. The monoisotopic (exact) mass is 715 g/mol. The van der Waals surface area contributed by atoms with E-state index in [1.807, 2.05) is 11.9 Å². The number of likely N-dealkylation sites (N-methyl/N-ethyl adjacent to an activating group) is 3. The zero-order chi connectivity index (χ0) is 37.1. The van der Waals surface area contributed by atoms with Crippen molar-refractivity contribution < 1.29 is 42.9 Å². The number of rotatable bonds is 7. The van der Waals surface area contributed by atoms with Crippen LogP contribution in [0.3, 0.4) is 0 Å². The number of fused-ring (bicyclic) bond motifs is 1. The van der Waals surface area contributed by atoms with Gasteiger partial charge in [0.1, 0.15) is 39.8 Å². The normalized spacial score (nSPS) is 16.8. The van der Waals surface area contributed by atoms with Crippen molar-refractivity contribution in [2.75, 3.05) is 47.3 Å². The van der Waals surface area contributed by atoms with Crippen LogP contribution in [0, 0.1) is 0 Å². The first-order chi connectivity index (χ1) is 23.2. The molecule has 3 aromatic rings. The molecule has 0 saturated carbocycles. The molecule has 2 heterocycles. The number of carbonyl (C=O) groups excluding carboxylic acids is 3. The molecule has 2 amide bonds. The number of halogens is 1. The SMILES string of the molecule is CN1CCC(c2c(O)cc(OC(=O)N(C)CCN(C)C(=O)OC(C)(C)C)c3c(=O)cc(-c4ccccc4Cl)oc23)C(OC(=O)OC(C)(C)C)C1. The van der Waals surface area contributed by atoms with Gasteiger partial charge in [-0.25, -0.2) is 14.4 Å². The molecule has 4 rings (SSSR count). The molecule has 1 aliphatic rings. The smallest absolute Gasteiger partial charge is 0.507 e. The molecule has 1 fully saturated rings. The topological polar surface area (TPSA) is 148 Å². The molecular formula is C36H46ClN3O10. The molecular weight excluding hydrogens is 670 g/mol. The zero-order valence-corrected chi connectivity index (χ0v) is 30.8. The fourth-order valence-corrected chi connectivity index (χ4v) is 5.68. The Morgan fingerprint density at radius 3 is 2.22 bits per heavy atom. The van der Waals surface area contributed by atoms with E-state index in [-0.39, 0.29) is 46.9 Å². The third-order valence-electron chi connectivity index (χ3n) is 7.88. The summed E-state index contributed by atoms with van der Waals surface area (Å²) in [5.74, 6) is -1.09. The number of likely N-dealkylation sites (tertiary alicyclic amines) is 1. The molecule has 50 heavy (non-hydrogen) atoms. The second-order valence-electron chi connectivity index (χ2n) is 14.4. The van der Waals surface area contributed by atoms with Gasteiger partial charge in [-0.3, -0.25) is 4.79 Å². The maximum atomic E-state index is 13.9. The molecule has 1 saturated heterocycles. The lowest BCUT2D eigenvalue weighted by Gasteiger charge is -2.37. The zero-order valence-electron chi connectivity index (χ0n) is 30.0. The van der Waals surface area contributed by atoms with Crippen molar-refractivity contribution >= 4 is 40.9 Å². The molecule has 2 atom stereocenters. The quantitative estimate of drug-likeness (QED) is 0.256. The Labute approximate surface area is 296 Å². The Bertz CT molecular complexity index is 1800. The predicted octanol–water partition coefficient (Wildman–Crippen LogP) is 6.86. The standard InChI is InChI=1S/C36H46ClN3O10/c1-35(2,3)49-33(44)40(9)17-16-39(8)32(43)47-27-19-24(41)29(22-14-15-38(7)20-28(22)48-34(45)50-36(4,5)6)31-30(27)25(42)18-26(46-31)21-12-10-11-13-23(21)37/h10-13,18-19,22,28,41H,14-17,20H2,1-9H3. The molecule has 14 heteroatoms. The molecule has 2 unspecified atom stereocenters. The van der Waals surface area contributed by atoms with Crippen molar-refractivity contribution in [2.45, 2.75) is 71.2 Å². The van der Waals surface area contributed by atoms with E-state index >= 15 is 0 Å². The minimum atomic E-state index is -0.879. The Balaban J connectivity index is 1.76. The summed E-state index contributed by atoms with van der Waals surface area (Å²) < 4.78 is 28.6. The summed E-state index contributed by atoms with van der Waals surface area (Å²) in [5, 5.41) is 11.8. The number of phenolic OH excluding ortho intramolecular Hbond substituents is 1. The average molecular weight is 716 g/mol. The first kappa shape index (κ1) is 38.3. The molecule has 13 nitrogen and oxygen atoms in total. The number of carbonyl (C=O) groups is 3. The molecule has 0 radical (unpaired) electrons. The maximum absolute atomic E-state index is 13.9. The van der Waals surface area contributed by atoms with Gasteiger partial charge in [-0.2, -0.15) is 0 Å². The molecule has 2 aromatic carbocycles. The summed E-state index contributed by atoms with van der Waals surface area (Å²) in [6, 6.07) is 9.23. The molecule has 272 valence electrons. The van der Waals surface area contributed by atoms with Gasteiger partial charge in [0.05, 0.1) is 5.02 Å². The third-order valence-corrected chi connectivity index (χ3v) is 8.21. The van der Waals surface area contributed by atoms with Gasteiger partial charge in [0.25, 0.3) is 0 Å². The number of ether oxygens (including phenoxy) is 4. The summed E-state index contributed by atoms with van der Waals surface area (Å²) in [4.78, 5) is 56.9. The van der Waals surface area contributed by atoms with Crippen LogP contribution in [-0.4, -0.2) is 103 Å². The summed E-state index contributed by atoms with van der Waals surface area (Å²) in [6.45, 7) is 11.5. The third kappa shape index (κ3) is 9.60. The van der Waals surface area contributed by atoms with E-state index in [1.165, 1.54) is 29.0 Å². The second-order valence-corrected chi connectivity index (χ2v) is 14.8. The van der Waals surface area contributed by atoms with E-state index in [2.05, 4.69) is 0 Å². The van der Waals surface area contributed by atoms with Gasteiger partial charge >= 0.3 is 18.3 Å². The van der Waals surface area contributed by atoms with Gasteiger partial charge in [-0.1, -0.05) is 23.7 Å². The van der Waals surface area contributed by atoms with Crippen molar-refractivity contribution in [3.05, 3.63) is 57.2 Å². The molecule has 1 aromatic heterocycles. The highest BCUT2D eigenvalue weighted by Gasteiger charge is 2.38. The van der Waals surface area contributed by atoms with E-state index in [0.717, 1.165) is 0 Å². The average Bonchev–Trinajstić information content (AvgIpc) is 2.98. The van der Waals surface area contributed by atoms with Crippen LogP contribution in [0.25, 0.3) is 22.3 Å². The Kier molecular flexibility index (Phi) is 11.6. The van der Waals surface area contributed by atoms with Crippen LogP contribution in [0.2, 0.25) is 5.02 Å². The highest BCUT2D eigenvalue weighted by molar-refractivity contribution is 6.33. The predicted molar refractivity (Wildman–Crippen MR) is 188 cm³/mol. The minimum Gasteiger partial charge on any atom is -0.507 e. The number of hydrogen-bond acceptors (Lipinski definition) is 11. The summed E-state index contributed by atoms with van der Waals surface area (Å²) in [6.07, 6.45) is -2.67. The number of hydrogen-bond donors (Lipinski definition) is 1. The lowest BCUT2D eigenvalue weighted by atomic mass is 9.85. The van der Waals surface area contributed by atoms with E-state index in [9.17, 15) is 24.3 Å². The van der Waals surface area contributed by atoms with E-state index in [0.29, 0.717) is 30.1 Å². The number of piperidine rings is 1. The van der Waals surface area contributed by atoms with Gasteiger partial charge < -0.3 is 43.2 Å². The maximum Gasteiger partial charge on any atom is 0.509 e. The van der Waals surface area contributed by atoms with Crippen LogP contribution in [0.4, 0.5) is 14.4 Å². The first-order valence-corrected chi connectivity index (χ1v) is 16.7. The highest BCUT2D eigenvalue weighted by atomic mass is 35.5. The van der Waals surface area contributed by atoms with E-state index < -0.39 is 47.0 Å². The van der Waals surface area contributed by atoms with Crippen LogP contribution in [0.15, 0.2) is 45.6 Å². The number of phenols is 1. The van der Waals surface area contributed by atoms with Gasteiger partial charge in [0.15, 0.2) is 11.2 Å². The fraction of sp³-hybridized carbons (Fsp3) is 0.500. The van der Waals surface area contributed by atoms with Crippen LogP contribution in [-0.2, 0) is 14.2 Å². The number of nitrogens with zero attached hydrogens (tertiary/aromatic N) is 3. The Morgan fingerprint density at radius 1 is 0.980 bits per heavy atom. The largest absolute Gasteiger partial charge is 0.509 e. The molecule has 0 aliphatic carbocycles. The van der Waals surface area contributed by atoms with Crippen molar-refractivity contribution in [2.24, 2.45) is 0 Å². The fourth-order valence-electron chi connectivity index (χ4n) is 5.45. The summed E-state index contributed by atoms with van der Waals surface area (Å²) >= 11 is 6.47. The van der Waals surface area contributed by atoms with Gasteiger partial charge in [-0.05, 0) is 73.7 Å². The van der Waals surface area contributed by atoms with Crippen molar-refractivity contribution in [3.8, 4) is 22.8 Å². The van der Waals surface area contributed by atoms with Crippen LogP contribution < -0.4 is 10.2 Å². The lowest BCUT2D eigenvalue weighted by molar-refractivity contribution is -0.0461. The highest BCUT2D eigenvalue weighted by Crippen LogP contribution is 2.44. The van der Waals surface area contributed by atoms with Crippen LogP contribution in [0.5, 0.6) is 11.5 Å². The van der Waals surface area contributed by atoms with Crippen molar-refractivity contribution in [1.29, 1.82) is 0 Å². The number of aromatic hydroxyl groups is 1. The lowest BCUT2D eigenvalue weighted by Crippen LogP contribution is -2.44.